The van der Waals surface area contributed by atoms with E-state index in [1.54, 1.807) is 20.8 Å². The Bertz CT molecular complexity index is 114. The van der Waals surface area contributed by atoms with Gasteiger partial charge in [0.25, 0.3) is 0 Å². The van der Waals surface area contributed by atoms with E-state index in [0.717, 1.165) is 0 Å². The summed E-state index contributed by atoms with van der Waals surface area (Å²) >= 11 is 0. The second-order valence-corrected chi connectivity index (χ2v) is 2.41. The molecule has 1 N–H and O–H groups in total. The molecule has 0 spiro atoms. The summed E-state index contributed by atoms with van der Waals surface area (Å²) in [5, 5.41) is 8.90. The maximum Gasteiger partial charge on any atom is 0.335 e. The maximum absolute atomic E-state index is 10.7. The normalized spacial score (nSPS) is 12.1. The number of hydrogen-bond donors (Lipinski definition) is 1. The molecule has 1 unspecified atom stereocenters. The molecule has 0 aromatic heterocycles. The minimum atomic E-state index is -0.956. The molecule has 0 aromatic rings. The van der Waals surface area contributed by atoms with Crippen LogP contribution in [0.25, 0.3) is 0 Å². The molecule has 1 atom stereocenters. The Morgan fingerprint density at radius 1 is 1.55 bits per heavy atom. The molecule has 0 aliphatic heterocycles. The van der Waals surface area contributed by atoms with Crippen molar-refractivity contribution >= 4 is 18.4 Å². The van der Waals surface area contributed by atoms with Crippen LogP contribution in [0.15, 0.2) is 0 Å². The number of ether oxygens (including phenoxy) is 1. The molecule has 0 radical (unpaired) electrons. The Labute approximate surface area is 73.2 Å². The van der Waals surface area contributed by atoms with Crippen LogP contribution in [0, 0.1) is 0 Å². The van der Waals surface area contributed by atoms with Crippen molar-refractivity contribution in [3.8, 4) is 0 Å². The highest BCUT2D eigenvalue weighted by molar-refractivity contribution is 5.85. The van der Waals surface area contributed by atoms with E-state index in [0.29, 0.717) is 6.42 Å². The highest BCUT2D eigenvalue weighted by atomic mass is 35.5. The Hall–Kier alpha value is -0.280. The summed E-state index contributed by atoms with van der Waals surface area (Å²) in [4.78, 5) is 10.7. The van der Waals surface area contributed by atoms with Crippen molar-refractivity contribution in [2.24, 2.45) is 0 Å². The number of aliphatic hydroxyl groups excluding tert-OH is 1. The van der Waals surface area contributed by atoms with Gasteiger partial charge in [-0.3, -0.25) is 0 Å². The van der Waals surface area contributed by atoms with Gasteiger partial charge in [0.2, 0.25) is 0 Å². The molecule has 68 valence electrons. The summed E-state index contributed by atoms with van der Waals surface area (Å²) in [6.45, 7) is 5.23. The van der Waals surface area contributed by atoms with Gasteiger partial charge in [-0.2, -0.15) is 0 Å². The van der Waals surface area contributed by atoms with Crippen LogP contribution in [-0.2, 0) is 9.53 Å². The first-order valence-electron chi connectivity index (χ1n) is 3.46. The quantitative estimate of drug-likeness (QED) is 0.666. The fourth-order valence-corrected chi connectivity index (χ4v) is 0.478. The summed E-state index contributed by atoms with van der Waals surface area (Å²) in [6.07, 6.45) is -0.693. The zero-order chi connectivity index (χ0) is 8.15. The molecular weight excluding hydrogens is 168 g/mol. The van der Waals surface area contributed by atoms with Gasteiger partial charge in [-0.25, -0.2) is 4.79 Å². The molecule has 11 heavy (non-hydrogen) atoms. The van der Waals surface area contributed by atoms with E-state index in [1.807, 2.05) is 0 Å². The smallest absolute Gasteiger partial charge is 0.335 e. The third kappa shape index (κ3) is 6.13. The van der Waals surface area contributed by atoms with Crippen LogP contribution < -0.4 is 0 Å². The van der Waals surface area contributed by atoms with Crippen molar-refractivity contribution < 1.29 is 14.6 Å². The molecule has 0 aliphatic carbocycles. The van der Waals surface area contributed by atoms with E-state index in [4.69, 9.17) is 9.84 Å². The predicted octanol–water partition coefficient (Wildman–Crippen LogP) is 1.13. The number of esters is 1. The molecule has 3 nitrogen and oxygen atoms in total. The molecule has 0 rings (SSSR count). The molecule has 0 bridgehead atoms. The molecule has 0 saturated carbocycles. The van der Waals surface area contributed by atoms with Crippen LogP contribution >= 0.6 is 12.4 Å². The first-order chi connectivity index (χ1) is 4.57. The second-order valence-electron chi connectivity index (χ2n) is 2.41. The molecule has 4 heteroatoms. The van der Waals surface area contributed by atoms with Gasteiger partial charge in [0, 0.05) is 0 Å². The average Bonchev–Trinajstić information content (AvgIpc) is 1.85. The van der Waals surface area contributed by atoms with E-state index in [2.05, 4.69) is 0 Å². The summed E-state index contributed by atoms with van der Waals surface area (Å²) in [5.74, 6) is -0.530. The number of carbonyl (C=O) groups is 1. The summed E-state index contributed by atoms with van der Waals surface area (Å²) in [6, 6.07) is 0. The van der Waals surface area contributed by atoms with Gasteiger partial charge in [0.1, 0.15) is 0 Å². The lowest BCUT2D eigenvalue weighted by Crippen LogP contribution is -2.24. The molecular formula is C7H15ClO3. The average molecular weight is 183 g/mol. The van der Waals surface area contributed by atoms with Gasteiger partial charge in [-0.05, 0) is 20.3 Å². The molecule has 0 saturated heterocycles. The maximum atomic E-state index is 10.7. The predicted molar refractivity (Wildman–Crippen MR) is 44.8 cm³/mol. The molecule has 0 aromatic carbocycles. The highest BCUT2D eigenvalue weighted by Crippen LogP contribution is 1.96. The van der Waals surface area contributed by atoms with Crippen LogP contribution in [0.5, 0.6) is 0 Å². The highest BCUT2D eigenvalue weighted by Gasteiger charge is 2.14. The standard InChI is InChI=1S/C7H14O3.ClH/c1-4-6(8)7(9)10-5(2)3;/h5-6,8H,4H2,1-3H3;1H. The van der Waals surface area contributed by atoms with E-state index in [1.165, 1.54) is 0 Å². The Morgan fingerprint density at radius 2 is 2.00 bits per heavy atom. The lowest BCUT2D eigenvalue weighted by molar-refractivity contribution is -0.157. The van der Waals surface area contributed by atoms with E-state index < -0.39 is 12.1 Å². The van der Waals surface area contributed by atoms with Gasteiger partial charge >= 0.3 is 5.97 Å². The number of carbonyl (C=O) groups excluding carboxylic acids is 1. The Kier molecular flexibility index (Phi) is 7.79. The number of hydrogen-bond acceptors (Lipinski definition) is 3. The fourth-order valence-electron chi connectivity index (χ4n) is 0.478. The number of rotatable bonds is 3. The zero-order valence-corrected chi connectivity index (χ0v) is 7.85. The molecule has 0 fully saturated rings. The van der Waals surface area contributed by atoms with Crippen LogP contribution in [0.2, 0.25) is 0 Å². The van der Waals surface area contributed by atoms with Gasteiger partial charge in [-0.15, -0.1) is 12.4 Å². The summed E-state index contributed by atoms with van der Waals surface area (Å²) in [5.41, 5.74) is 0. The minimum Gasteiger partial charge on any atom is -0.461 e. The minimum absolute atomic E-state index is 0. The summed E-state index contributed by atoms with van der Waals surface area (Å²) < 4.78 is 4.71. The van der Waals surface area contributed by atoms with Gasteiger partial charge in [0.15, 0.2) is 6.10 Å². The third-order valence-corrected chi connectivity index (χ3v) is 1.01. The van der Waals surface area contributed by atoms with Crippen LogP contribution in [-0.4, -0.2) is 23.3 Å². The van der Waals surface area contributed by atoms with Gasteiger partial charge in [0.05, 0.1) is 6.10 Å². The Balaban J connectivity index is 0. The SMILES string of the molecule is CCC(O)C(=O)OC(C)C.Cl. The number of aliphatic hydroxyl groups is 1. The lowest BCUT2D eigenvalue weighted by Gasteiger charge is -2.10. The van der Waals surface area contributed by atoms with E-state index in [9.17, 15) is 4.79 Å². The van der Waals surface area contributed by atoms with E-state index >= 15 is 0 Å². The second kappa shape index (κ2) is 6.43. The molecule has 0 aliphatic rings. The largest absolute Gasteiger partial charge is 0.461 e. The van der Waals surface area contributed by atoms with E-state index in [-0.39, 0.29) is 18.5 Å². The fraction of sp³-hybridized carbons (Fsp3) is 0.857. The van der Waals surface area contributed by atoms with Crippen molar-refractivity contribution in [2.45, 2.75) is 39.4 Å². The van der Waals surface area contributed by atoms with Crippen molar-refractivity contribution in [2.75, 3.05) is 0 Å². The molecule has 0 heterocycles. The Morgan fingerprint density at radius 3 is 2.27 bits per heavy atom. The van der Waals surface area contributed by atoms with Crippen LogP contribution in [0.4, 0.5) is 0 Å². The van der Waals surface area contributed by atoms with Crippen LogP contribution in [0.1, 0.15) is 27.2 Å². The third-order valence-electron chi connectivity index (χ3n) is 1.01. The van der Waals surface area contributed by atoms with Crippen molar-refractivity contribution in [3.05, 3.63) is 0 Å². The van der Waals surface area contributed by atoms with Crippen molar-refractivity contribution in [1.29, 1.82) is 0 Å². The van der Waals surface area contributed by atoms with Gasteiger partial charge in [-0.1, -0.05) is 6.92 Å². The lowest BCUT2D eigenvalue weighted by atomic mass is 10.3. The van der Waals surface area contributed by atoms with Crippen molar-refractivity contribution in [3.63, 3.8) is 0 Å². The first-order valence-corrected chi connectivity index (χ1v) is 3.46. The van der Waals surface area contributed by atoms with Gasteiger partial charge < -0.3 is 9.84 Å². The topological polar surface area (TPSA) is 46.5 Å². The monoisotopic (exact) mass is 182 g/mol. The number of halogens is 1. The summed E-state index contributed by atoms with van der Waals surface area (Å²) in [7, 11) is 0. The first kappa shape index (κ1) is 13.3. The van der Waals surface area contributed by atoms with Crippen LogP contribution in [0.3, 0.4) is 0 Å². The molecule has 0 amide bonds. The van der Waals surface area contributed by atoms with Crippen molar-refractivity contribution in [1.82, 2.24) is 0 Å². The zero-order valence-electron chi connectivity index (χ0n) is 7.03.